The lowest BCUT2D eigenvalue weighted by molar-refractivity contribution is 1.13. The topological polar surface area (TPSA) is 37.6 Å². The van der Waals surface area contributed by atoms with Crippen LogP contribution in [0.2, 0.25) is 0 Å². The molecule has 0 N–H and O–H groups in total. The van der Waals surface area contributed by atoms with Gasteiger partial charge in [-0.1, -0.05) is 121 Å². The molecule has 0 amide bonds. The molecule has 0 saturated heterocycles. The van der Waals surface area contributed by atoms with Crippen LogP contribution in [0.1, 0.15) is 0 Å². The average Bonchev–Trinajstić information content (AvgIpc) is 3.56. The van der Waals surface area contributed by atoms with E-state index in [9.17, 15) is 4.79 Å². The zero-order valence-electron chi connectivity index (χ0n) is 26.0. The first-order chi connectivity index (χ1) is 23.7. The SMILES string of the molecule is O=c1c2ccccc2c2cc(-c3ccc(N(c4ccccc4)c4ccc(-c5ccccc5)cc4)cc3)cc3nc(-c4ccccc4)n1c32. The summed E-state index contributed by atoms with van der Waals surface area (Å²) in [5.74, 6) is 0.663. The Morgan fingerprint density at radius 3 is 1.52 bits per heavy atom. The second-order valence-corrected chi connectivity index (χ2v) is 12.0. The molecule has 0 aliphatic carbocycles. The normalized spacial score (nSPS) is 11.4. The first-order valence-electron chi connectivity index (χ1n) is 16.1. The molecule has 0 aliphatic rings. The molecule has 0 saturated carbocycles. The largest absolute Gasteiger partial charge is 0.311 e. The zero-order valence-corrected chi connectivity index (χ0v) is 26.0. The van der Waals surface area contributed by atoms with Gasteiger partial charge in [0.2, 0.25) is 0 Å². The fourth-order valence-corrected chi connectivity index (χ4v) is 6.85. The first-order valence-corrected chi connectivity index (χ1v) is 16.1. The number of hydrogen-bond donors (Lipinski definition) is 0. The number of pyridine rings is 1. The van der Waals surface area contributed by atoms with Crippen LogP contribution in [0.3, 0.4) is 0 Å². The molecular formula is C44H29N3O. The lowest BCUT2D eigenvalue weighted by Crippen LogP contribution is -2.14. The van der Waals surface area contributed by atoms with E-state index in [0.717, 1.165) is 55.6 Å². The third-order valence-corrected chi connectivity index (χ3v) is 9.14. The van der Waals surface area contributed by atoms with Crippen molar-refractivity contribution in [1.82, 2.24) is 9.38 Å². The van der Waals surface area contributed by atoms with Crippen molar-refractivity contribution < 1.29 is 0 Å². The van der Waals surface area contributed by atoms with Crippen molar-refractivity contribution in [3.63, 3.8) is 0 Å². The van der Waals surface area contributed by atoms with Crippen LogP contribution in [0.4, 0.5) is 17.1 Å². The number of para-hydroxylation sites is 1. The Kier molecular flexibility index (Phi) is 6.58. The fourth-order valence-electron chi connectivity index (χ4n) is 6.85. The van der Waals surface area contributed by atoms with Gasteiger partial charge >= 0.3 is 0 Å². The Labute approximate surface area is 277 Å². The summed E-state index contributed by atoms with van der Waals surface area (Å²) < 4.78 is 1.79. The van der Waals surface area contributed by atoms with Crippen LogP contribution < -0.4 is 10.5 Å². The van der Waals surface area contributed by atoms with Gasteiger partial charge in [0.25, 0.3) is 5.56 Å². The number of anilines is 3. The Balaban J connectivity index is 1.17. The Bertz CT molecular complexity index is 2600. The summed E-state index contributed by atoms with van der Waals surface area (Å²) in [6.07, 6.45) is 0. The van der Waals surface area contributed by atoms with Gasteiger partial charge < -0.3 is 4.90 Å². The maximum Gasteiger partial charge on any atom is 0.264 e. The van der Waals surface area contributed by atoms with Gasteiger partial charge in [-0.05, 0) is 82.2 Å². The van der Waals surface area contributed by atoms with Crippen molar-refractivity contribution in [3.05, 3.63) is 186 Å². The molecular weight excluding hydrogens is 587 g/mol. The summed E-state index contributed by atoms with van der Waals surface area (Å²) in [7, 11) is 0. The summed E-state index contributed by atoms with van der Waals surface area (Å²) in [6, 6.07) is 60.5. The summed E-state index contributed by atoms with van der Waals surface area (Å²) in [6.45, 7) is 0. The van der Waals surface area contributed by atoms with E-state index < -0.39 is 0 Å². The molecule has 0 fully saturated rings. The van der Waals surface area contributed by atoms with Crippen LogP contribution >= 0.6 is 0 Å². The molecule has 0 atom stereocenters. The van der Waals surface area contributed by atoms with E-state index >= 15 is 0 Å². The van der Waals surface area contributed by atoms with Crippen molar-refractivity contribution in [2.45, 2.75) is 0 Å². The van der Waals surface area contributed by atoms with Gasteiger partial charge in [-0.3, -0.25) is 9.20 Å². The van der Waals surface area contributed by atoms with Gasteiger partial charge in [0, 0.05) is 33.4 Å². The second-order valence-electron chi connectivity index (χ2n) is 12.0. The lowest BCUT2D eigenvalue weighted by atomic mass is 9.99. The third-order valence-electron chi connectivity index (χ3n) is 9.14. The number of aromatic nitrogens is 2. The van der Waals surface area contributed by atoms with Gasteiger partial charge in [0.05, 0.1) is 11.0 Å². The molecule has 0 radical (unpaired) electrons. The van der Waals surface area contributed by atoms with Gasteiger partial charge in [-0.15, -0.1) is 0 Å². The van der Waals surface area contributed by atoms with Gasteiger partial charge in [-0.2, -0.15) is 0 Å². The van der Waals surface area contributed by atoms with E-state index in [0.29, 0.717) is 11.2 Å². The standard InChI is InChI=1S/C44H29N3O/c48-44-39-19-11-10-18-38(39)40-28-34(29-41-42(40)47(44)43(45-41)33-14-6-2-7-15-33)32-22-26-37(27-23-32)46(35-16-8-3-9-17-35)36-24-20-31(21-25-36)30-12-4-1-5-13-30/h1-29H. The molecule has 9 aromatic rings. The molecule has 4 nitrogen and oxygen atoms in total. The molecule has 2 heterocycles. The molecule has 7 aromatic carbocycles. The van der Waals surface area contributed by atoms with Crippen molar-refractivity contribution in [2.24, 2.45) is 0 Å². The maximum atomic E-state index is 13.8. The van der Waals surface area contributed by atoms with Crippen molar-refractivity contribution >= 4 is 44.3 Å². The van der Waals surface area contributed by atoms with Crippen LogP contribution in [-0.4, -0.2) is 9.38 Å². The van der Waals surface area contributed by atoms with Crippen molar-refractivity contribution in [1.29, 1.82) is 0 Å². The fraction of sp³-hybridized carbons (Fsp3) is 0. The highest BCUT2D eigenvalue weighted by Crippen LogP contribution is 2.38. The van der Waals surface area contributed by atoms with E-state index in [4.69, 9.17) is 4.98 Å². The van der Waals surface area contributed by atoms with Crippen LogP contribution in [0, 0.1) is 0 Å². The number of imidazole rings is 1. The maximum absolute atomic E-state index is 13.8. The summed E-state index contributed by atoms with van der Waals surface area (Å²) in [4.78, 5) is 21.2. The van der Waals surface area contributed by atoms with Crippen LogP contribution in [-0.2, 0) is 0 Å². The summed E-state index contributed by atoms with van der Waals surface area (Å²) in [5, 5.41) is 2.64. The lowest BCUT2D eigenvalue weighted by Gasteiger charge is -2.26. The highest BCUT2D eigenvalue weighted by molar-refractivity contribution is 6.13. The smallest absolute Gasteiger partial charge is 0.264 e. The predicted octanol–water partition coefficient (Wildman–Crippen LogP) is 10.9. The zero-order chi connectivity index (χ0) is 32.0. The minimum absolute atomic E-state index is 0.0469. The quantitative estimate of drug-likeness (QED) is 0.175. The number of fused-ring (bicyclic) bond motifs is 2. The monoisotopic (exact) mass is 615 g/mol. The number of rotatable bonds is 6. The molecule has 0 aliphatic heterocycles. The highest BCUT2D eigenvalue weighted by Gasteiger charge is 2.20. The minimum Gasteiger partial charge on any atom is -0.311 e. The van der Waals surface area contributed by atoms with E-state index in [1.165, 1.54) is 11.1 Å². The predicted molar refractivity (Wildman–Crippen MR) is 199 cm³/mol. The van der Waals surface area contributed by atoms with E-state index in [-0.39, 0.29) is 5.56 Å². The minimum atomic E-state index is -0.0469. The Morgan fingerprint density at radius 1 is 0.417 bits per heavy atom. The van der Waals surface area contributed by atoms with Gasteiger partial charge in [-0.25, -0.2) is 4.98 Å². The van der Waals surface area contributed by atoms with Crippen LogP contribution in [0.5, 0.6) is 0 Å². The van der Waals surface area contributed by atoms with E-state index in [2.05, 4.69) is 114 Å². The van der Waals surface area contributed by atoms with Gasteiger partial charge in [0.15, 0.2) is 0 Å². The van der Waals surface area contributed by atoms with Crippen molar-refractivity contribution in [3.8, 4) is 33.6 Å². The Hall–Kier alpha value is -6.52. The number of hydrogen-bond acceptors (Lipinski definition) is 3. The molecule has 4 heteroatoms. The molecule has 9 rings (SSSR count). The molecule has 2 aromatic heterocycles. The van der Waals surface area contributed by atoms with Crippen molar-refractivity contribution in [2.75, 3.05) is 4.90 Å². The van der Waals surface area contributed by atoms with Gasteiger partial charge in [0.1, 0.15) is 5.82 Å². The summed E-state index contributed by atoms with van der Waals surface area (Å²) in [5.41, 5.74) is 10.3. The second kappa shape index (κ2) is 11.4. The first kappa shape index (κ1) is 27.8. The van der Waals surface area contributed by atoms with E-state index in [1.807, 2.05) is 66.7 Å². The van der Waals surface area contributed by atoms with E-state index in [1.54, 1.807) is 4.40 Å². The van der Waals surface area contributed by atoms with Crippen LogP contribution in [0.15, 0.2) is 181 Å². The number of benzene rings is 7. The average molecular weight is 616 g/mol. The summed E-state index contributed by atoms with van der Waals surface area (Å²) >= 11 is 0. The molecule has 0 spiro atoms. The molecule has 48 heavy (non-hydrogen) atoms. The molecule has 0 unspecified atom stereocenters. The number of nitrogens with zero attached hydrogens (tertiary/aromatic N) is 3. The third kappa shape index (κ3) is 4.62. The molecule has 0 bridgehead atoms. The molecule has 226 valence electrons. The van der Waals surface area contributed by atoms with Crippen LogP contribution in [0.25, 0.3) is 60.8 Å². The Morgan fingerprint density at radius 2 is 0.896 bits per heavy atom. The highest BCUT2D eigenvalue weighted by atomic mass is 16.1.